The quantitative estimate of drug-likeness (QED) is 0.346. The van der Waals surface area contributed by atoms with Crippen LogP contribution < -0.4 is 9.88 Å². The first-order valence-corrected chi connectivity index (χ1v) is 9.97. The van der Waals surface area contributed by atoms with Crippen molar-refractivity contribution in [1.29, 1.82) is 0 Å². The number of Topliss-reactive ketones (excluding diaryl/α,β-unsaturated/α-hetero) is 1. The summed E-state index contributed by atoms with van der Waals surface area (Å²) in [5, 5.41) is 3.91. The van der Waals surface area contributed by atoms with Gasteiger partial charge in [-0.15, -0.1) is 0 Å². The highest BCUT2D eigenvalue weighted by molar-refractivity contribution is 9.10. The molecule has 0 aliphatic rings. The van der Waals surface area contributed by atoms with E-state index in [1.807, 2.05) is 59.3 Å². The maximum Gasteiger partial charge on any atom is 0.255 e. The summed E-state index contributed by atoms with van der Waals surface area (Å²) >= 11 is 3.51. The van der Waals surface area contributed by atoms with Gasteiger partial charge in [-0.2, -0.15) is 4.57 Å². The topological polar surface area (TPSA) is 50.0 Å². The Morgan fingerprint density at radius 1 is 0.828 bits per heavy atom. The first-order valence-electron chi connectivity index (χ1n) is 9.17. The second-order valence-corrected chi connectivity index (χ2v) is 7.58. The van der Waals surface area contributed by atoms with Gasteiger partial charge in [0.15, 0.2) is 6.20 Å². The zero-order valence-electron chi connectivity index (χ0n) is 15.5. The minimum Gasteiger partial charge on any atom is -0.322 e. The largest absolute Gasteiger partial charge is 0.322 e. The lowest BCUT2D eigenvalue weighted by atomic mass is 10.1. The van der Waals surface area contributed by atoms with Crippen LogP contribution in [0.1, 0.15) is 20.7 Å². The lowest BCUT2D eigenvalue weighted by Gasteiger charge is -2.06. The predicted molar refractivity (Wildman–Crippen MR) is 117 cm³/mol. The Bertz CT molecular complexity index is 1190. The first-order chi connectivity index (χ1) is 14.1. The molecule has 142 valence electrons. The van der Waals surface area contributed by atoms with Gasteiger partial charge in [-0.3, -0.25) is 9.59 Å². The molecule has 0 unspecified atom stereocenters. The van der Waals surface area contributed by atoms with E-state index >= 15 is 0 Å². The fourth-order valence-electron chi connectivity index (χ4n) is 3.18. The Morgan fingerprint density at radius 3 is 2.28 bits per heavy atom. The maximum atomic E-state index is 12.8. The molecule has 0 atom stereocenters. The number of carbonyl (C=O) groups excluding carboxylic acids is 2. The number of rotatable bonds is 5. The summed E-state index contributed by atoms with van der Waals surface area (Å²) in [6.07, 6.45) is 1.91. The number of benzene rings is 3. The number of hydrogen-bond acceptors (Lipinski definition) is 2. The van der Waals surface area contributed by atoms with E-state index in [1.54, 1.807) is 36.4 Å². The molecule has 4 nitrogen and oxygen atoms in total. The number of carbonyl (C=O) groups is 2. The molecule has 0 saturated heterocycles. The third-order valence-electron chi connectivity index (χ3n) is 4.63. The van der Waals surface area contributed by atoms with Gasteiger partial charge in [-0.25, -0.2) is 0 Å². The standard InChI is InChI=1S/C24H17BrN2O2/c25-20-14-19-8-4-5-9-22(19)27(15-20)16-23(28)17-10-12-21(13-11-17)26-24(29)18-6-2-1-3-7-18/h1-15H,16H2/p+1. The second-order valence-electron chi connectivity index (χ2n) is 6.67. The lowest BCUT2D eigenvalue weighted by molar-refractivity contribution is -0.657. The summed E-state index contributed by atoms with van der Waals surface area (Å²) in [7, 11) is 0. The van der Waals surface area contributed by atoms with Gasteiger partial charge < -0.3 is 5.32 Å². The summed E-state index contributed by atoms with van der Waals surface area (Å²) in [5.41, 5.74) is 2.83. The molecule has 3 aromatic carbocycles. The van der Waals surface area contributed by atoms with Crippen LogP contribution in [-0.4, -0.2) is 11.7 Å². The van der Waals surface area contributed by atoms with Crippen LogP contribution in [0.4, 0.5) is 5.69 Å². The molecule has 1 heterocycles. The Hall–Kier alpha value is -3.31. The number of nitrogens with zero attached hydrogens (tertiary/aromatic N) is 1. The predicted octanol–water partition coefficient (Wildman–Crippen LogP) is 5.03. The lowest BCUT2D eigenvalue weighted by Crippen LogP contribution is -2.38. The number of para-hydroxylation sites is 1. The zero-order chi connectivity index (χ0) is 20.2. The third kappa shape index (κ3) is 4.41. The number of halogens is 1. The Morgan fingerprint density at radius 2 is 1.52 bits per heavy atom. The van der Waals surface area contributed by atoms with Gasteiger partial charge in [-0.05, 0) is 64.5 Å². The average molecular weight is 446 g/mol. The summed E-state index contributed by atoms with van der Waals surface area (Å²) in [6, 6.07) is 26.0. The SMILES string of the molecule is O=C(C[n+]1cc(Br)cc2ccccc21)c1ccc(NC(=O)c2ccccc2)cc1. The van der Waals surface area contributed by atoms with E-state index in [2.05, 4.69) is 21.2 Å². The first kappa shape index (κ1) is 19.0. The number of amides is 1. The van der Waals surface area contributed by atoms with Crippen LogP contribution in [0, 0.1) is 0 Å². The van der Waals surface area contributed by atoms with E-state index in [9.17, 15) is 9.59 Å². The highest BCUT2D eigenvalue weighted by Crippen LogP contribution is 2.16. The van der Waals surface area contributed by atoms with Gasteiger partial charge >= 0.3 is 0 Å². The van der Waals surface area contributed by atoms with Crippen LogP contribution in [0.25, 0.3) is 10.9 Å². The zero-order valence-corrected chi connectivity index (χ0v) is 17.1. The molecule has 29 heavy (non-hydrogen) atoms. The maximum absolute atomic E-state index is 12.8. The molecule has 0 aliphatic heterocycles. The van der Waals surface area contributed by atoms with Gasteiger partial charge in [-0.1, -0.05) is 30.3 Å². The number of hydrogen-bond donors (Lipinski definition) is 1. The van der Waals surface area contributed by atoms with E-state index in [0.717, 1.165) is 15.4 Å². The molecule has 0 aliphatic carbocycles. The molecular formula is C24H18BrN2O2+. The summed E-state index contributed by atoms with van der Waals surface area (Å²) in [5.74, 6) is -0.181. The number of ketones is 1. The third-order valence-corrected chi connectivity index (χ3v) is 5.07. The second kappa shape index (κ2) is 8.37. The van der Waals surface area contributed by atoms with Gasteiger partial charge in [0.25, 0.3) is 5.91 Å². The van der Waals surface area contributed by atoms with Crippen molar-refractivity contribution in [3.63, 3.8) is 0 Å². The van der Waals surface area contributed by atoms with Gasteiger partial charge in [0.1, 0.15) is 0 Å². The molecule has 5 heteroatoms. The van der Waals surface area contributed by atoms with Crippen molar-refractivity contribution in [2.75, 3.05) is 5.32 Å². The monoisotopic (exact) mass is 445 g/mol. The molecule has 1 amide bonds. The van der Waals surface area contributed by atoms with E-state index < -0.39 is 0 Å². The number of pyridine rings is 1. The van der Waals surface area contributed by atoms with Crippen molar-refractivity contribution in [3.05, 3.63) is 107 Å². The molecule has 4 aromatic rings. The van der Waals surface area contributed by atoms with E-state index in [0.29, 0.717) is 16.8 Å². The highest BCUT2D eigenvalue weighted by atomic mass is 79.9. The fraction of sp³-hybridized carbons (Fsp3) is 0.0417. The van der Waals surface area contributed by atoms with Crippen molar-refractivity contribution < 1.29 is 14.2 Å². The number of anilines is 1. The summed E-state index contributed by atoms with van der Waals surface area (Å²) in [4.78, 5) is 25.0. The molecule has 0 spiro atoms. The number of aromatic nitrogens is 1. The van der Waals surface area contributed by atoms with Crippen LogP contribution >= 0.6 is 15.9 Å². The Kier molecular flexibility index (Phi) is 5.49. The van der Waals surface area contributed by atoms with E-state index in [4.69, 9.17) is 0 Å². The Labute approximate surface area is 176 Å². The van der Waals surface area contributed by atoms with E-state index in [-0.39, 0.29) is 18.2 Å². The van der Waals surface area contributed by atoms with Crippen molar-refractivity contribution in [1.82, 2.24) is 0 Å². The molecule has 1 aromatic heterocycles. The molecule has 4 rings (SSSR count). The molecule has 0 saturated carbocycles. The van der Waals surface area contributed by atoms with Crippen LogP contribution in [0.3, 0.4) is 0 Å². The van der Waals surface area contributed by atoms with Crippen LogP contribution in [-0.2, 0) is 6.54 Å². The van der Waals surface area contributed by atoms with Gasteiger partial charge in [0, 0.05) is 28.3 Å². The Balaban J connectivity index is 1.50. The molecule has 1 N–H and O–H groups in total. The van der Waals surface area contributed by atoms with Crippen LogP contribution in [0.2, 0.25) is 0 Å². The fourth-order valence-corrected chi connectivity index (χ4v) is 3.68. The van der Waals surface area contributed by atoms with Crippen molar-refractivity contribution in [2.24, 2.45) is 0 Å². The minimum absolute atomic E-state index is 0.000751. The van der Waals surface area contributed by atoms with E-state index in [1.165, 1.54) is 0 Å². The molecule has 0 radical (unpaired) electrons. The van der Waals surface area contributed by atoms with Gasteiger partial charge in [0.05, 0.1) is 4.47 Å². The van der Waals surface area contributed by atoms with Gasteiger partial charge in [0.2, 0.25) is 17.8 Å². The van der Waals surface area contributed by atoms with Crippen molar-refractivity contribution in [2.45, 2.75) is 6.54 Å². The minimum atomic E-state index is -0.180. The van der Waals surface area contributed by atoms with Crippen molar-refractivity contribution in [3.8, 4) is 0 Å². The average Bonchev–Trinajstić information content (AvgIpc) is 2.74. The number of fused-ring (bicyclic) bond motifs is 1. The molecule has 0 fully saturated rings. The van der Waals surface area contributed by atoms with Crippen LogP contribution in [0.15, 0.2) is 95.6 Å². The smallest absolute Gasteiger partial charge is 0.255 e. The summed E-state index contributed by atoms with van der Waals surface area (Å²) in [6.45, 7) is 0.232. The molecular weight excluding hydrogens is 428 g/mol. The highest BCUT2D eigenvalue weighted by Gasteiger charge is 2.16. The van der Waals surface area contributed by atoms with Crippen LogP contribution in [0.5, 0.6) is 0 Å². The molecule has 0 bridgehead atoms. The summed E-state index contributed by atoms with van der Waals surface area (Å²) < 4.78 is 2.86. The normalized spacial score (nSPS) is 10.7. The van der Waals surface area contributed by atoms with Crippen molar-refractivity contribution >= 4 is 44.2 Å². The number of nitrogens with one attached hydrogen (secondary N) is 1.